The van der Waals surface area contributed by atoms with Gasteiger partial charge in [-0.25, -0.2) is 0 Å². The molecular weight excluding hydrogens is 689 g/mol. The monoisotopic (exact) mass is 730 g/mol. The maximum absolute atomic E-state index is 4.78. The molecule has 0 fully saturated rings. The fourth-order valence-corrected chi connectivity index (χ4v) is 8.24. The first-order valence-electron chi connectivity index (χ1n) is 19.6. The SMILES string of the molecule is C=C/C=C\C=C(/C)c1cc(-c2ccccc2)cc(-c2ccc3c(-c4cccc(-c5ccccn5)c4)c4ccccc4c(C4=CC=CC(c5ccccn5)C4)c3c2)c1. The zero-order valence-electron chi connectivity index (χ0n) is 32.0. The van der Waals surface area contributed by atoms with E-state index in [2.05, 4.69) is 177 Å². The van der Waals surface area contributed by atoms with Crippen molar-refractivity contribution in [2.24, 2.45) is 0 Å². The van der Waals surface area contributed by atoms with Gasteiger partial charge in [-0.15, -0.1) is 0 Å². The Morgan fingerprint density at radius 2 is 1.25 bits per heavy atom. The van der Waals surface area contributed by atoms with Crippen LogP contribution < -0.4 is 0 Å². The van der Waals surface area contributed by atoms with Crippen molar-refractivity contribution in [1.29, 1.82) is 0 Å². The molecule has 0 aliphatic heterocycles. The lowest BCUT2D eigenvalue weighted by Crippen LogP contribution is -2.04. The minimum Gasteiger partial charge on any atom is -0.261 e. The fraction of sp³-hybridized carbons (Fsp3) is 0.0545. The molecule has 8 aromatic rings. The number of allylic oxidation sites excluding steroid dienone is 9. The molecule has 2 heterocycles. The van der Waals surface area contributed by atoms with Crippen molar-refractivity contribution in [3.63, 3.8) is 0 Å². The van der Waals surface area contributed by atoms with Crippen molar-refractivity contribution < 1.29 is 0 Å². The number of nitrogens with zero attached hydrogens (tertiary/aromatic N) is 2. The Morgan fingerprint density at radius 1 is 0.561 bits per heavy atom. The summed E-state index contributed by atoms with van der Waals surface area (Å²) >= 11 is 0. The highest BCUT2D eigenvalue weighted by Gasteiger charge is 2.23. The van der Waals surface area contributed by atoms with E-state index in [1.54, 1.807) is 0 Å². The lowest BCUT2D eigenvalue weighted by Gasteiger charge is -2.24. The Bertz CT molecular complexity index is 2880. The molecule has 0 N–H and O–H groups in total. The van der Waals surface area contributed by atoms with Gasteiger partial charge in [0.05, 0.1) is 5.69 Å². The Morgan fingerprint density at radius 3 is 2.02 bits per heavy atom. The summed E-state index contributed by atoms with van der Waals surface area (Å²) in [5.41, 5.74) is 15.2. The summed E-state index contributed by atoms with van der Waals surface area (Å²) in [6.45, 7) is 6.03. The number of rotatable bonds is 9. The number of pyridine rings is 2. The summed E-state index contributed by atoms with van der Waals surface area (Å²) in [6, 6.07) is 54.8. The van der Waals surface area contributed by atoms with Crippen molar-refractivity contribution >= 4 is 32.7 Å². The van der Waals surface area contributed by atoms with E-state index in [4.69, 9.17) is 9.97 Å². The van der Waals surface area contributed by atoms with Crippen LogP contribution in [0.5, 0.6) is 0 Å². The van der Waals surface area contributed by atoms with Gasteiger partial charge in [0.15, 0.2) is 0 Å². The first-order valence-corrected chi connectivity index (χ1v) is 19.6. The van der Waals surface area contributed by atoms with E-state index >= 15 is 0 Å². The minimum absolute atomic E-state index is 0.188. The molecule has 0 radical (unpaired) electrons. The highest BCUT2D eigenvalue weighted by atomic mass is 14.7. The normalized spacial score (nSPS) is 14.3. The molecule has 2 aromatic heterocycles. The largest absolute Gasteiger partial charge is 0.261 e. The van der Waals surface area contributed by atoms with Crippen LogP contribution in [0.1, 0.15) is 36.1 Å². The Balaban J connectivity index is 1.30. The zero-order chi connectivity index (χ0) is 38.6. The molecule has 0 spiro atoms. The highest BCUT2D eigenvalue weighted by molar-refractivity contribution is 6.19. The Labute approximate surface area is 335 Å². The molecule has 272 valence electrons. The van der Waals surface area contributed by atoms with Crippen molar-refractivity contribution in [2.45, 2.75) is 19.3 Å². The molecule has 0 bridgehead atoms. The van der Waals surface area contributed by atoms with Gasteiger partial charge in [-0.3, -0.25) is 9.97 Å². The summed E-state index contributed by atoms with van der Waals surface area (Å²) in [7, 11) is 0. The van der Waals surface area contributed by atoms with E-state index in [1.165, 1.54) is 77.2 Å². The van der Waals surface area contributed by atoms with Gasteiger partial charge in [0.25, 0.3) is 0 Å². The van der Waals surface area contributed by atoms with Crippen molar-refractivity contribution in [2.75, 3.05) is 0 Å². The van der Waals surface area contributed by atoms with Gasteiger partial charge in [-0.1, -0.05) is 146 Å². The third kappa shape index (κ3) is 7.22. The molecular formula is C55H42N2. The molecule has 2 heteroatoms. The van der Waals surface area contributed by atoms with Crippen LogP contribution in [0, 0.1) is 0 Å². The third-order valence-corrected chi connectivity index (χ3v) is 11.0. The van der Waals surface area contributed by atoms with E-state index in [9.17, 15) is 0 Å². The molecule has 1 aliphatic rings. The first-order chi connectivity index (χ1) is 28.1. The van der Waals surface area contributed by atoms with Crippen LogP contribution in [0.4, 0.5) is 0 Å². The zero-order valence-corrected chi connectivity index (χ0v) is 32.0. The summed E-state index contributed by atoms with van der Waals surface area (Å²) in [5.74, 6) is 0.188. The molecule has 0 saturated heterocycles. The molecule has 9 rings (SSSR count). The topological polar surface area (TPSA) is 25.8 Å². The van der Waals surface area contributed by atoms with Crippen LogP contribution in [-0.2, 0) is 0 Å². The van der Waals surface area contributed by atoms with Gasteiger partial charge < -0.3 is 0 Å². The van der Waals surface area contributed by atoms with E-state index < -0.39 is 0 Å². The third-order valence-electron chi connectivity index (χ3n) is 11.0. The molecule has 1 unspecified atom stereocenters. The molecule has 0 saturated carbocycles. The molecule has 57 heavy (non-hydrogen) atoms. The smallest absolute Gasteiger partial charge is 0.0702 e. The second-order valence-electron chi connectivity index (χ2n) is 14.6. The van der Waals surface area contributed by atoms with Gasteiger partial charge >= 0.3 is 0 Å². The van der Waals surface area contributed by atoms with Crippen LogP contribution in [0.2, 0.25) is 0 Å². The van der Waals surface area contributed by atoms with Gasteiger partial charge in [-0.2, -0.15) is 0 Å². The summed E-state index contributed by atoms with van der Waals surface area (Å²) in [6.07, 6.45) is 19.4. The quantitative estimate of drug-likeness (QED) is 0.109. The predicted molar refractivity (Wildman–Crippen MR) is 243 cm³/mol. The van der Waals surface area contributed by atoms with E-state index in [-0.39, 0.29) is 5.92 Å². The van der Waals surface area contributed by atoms with Crippen LogP contribution in [0.15, 0.2) is 213 Å². The number of hydrogen-bond donors (Lipinski definition) is 0. The number of hydrogen-bond acceptors (Lipinski definition) is 2. The van der Waals surface area contributed by atoms with Crippen LogP contribution >= 0.6 is 0 Å². The number of aromatic nitrogens is 2. The standard InChI is InChI=1S/C55H42N2/c1-3-4-6-17-38(2)45-34-46(39-18-7-5-8-19-39)36-47(35-45)40-28-29-50-51(37-40)55(44-23-16-21-42(33-44)53-27-12-14-31-57-53)49-25-10-9-24-48(49)54(50)43-22-15-20-41(32-43)52-26-11-13-30-56-52/h3-32,34-37,42H,1,33H2,2H3/b6-4-,38-17+. The summed E-state index contributed by atoms with van der Waals surface area (Å²) in [4.78, 5) is 9.48. The van der Waals surface area contributed by atoms with Gasteiger partial charge in [-0.05, 0) is 145 Å². The maximum atomic E-state index is 4.78. The molecule has 2 nitrogen and oxygen atoms in total. The molecule has 1 aliphatic carbocycles. The van der Waals surface area contributed by atoms with Gasteiger partial charge in [0.1, 0.15) is 0 Å². The fourth-order valence-electron chi connectivity index (χ4n) is 8.24. The van der Waals surface area contributed by atoms with E-state index in [1.807, 2.05) is 42.7 Å². The lowest BCUT2D eigenvalue weighted by atomic mass is 9.80. The highest BCUT2D eigenvalue weighted by Crippen LogP contribution is 2.46. The van der Waals surface area contributed by atoms with Crippen LogP contribution in [0.25, 0.3) is 77.3 Å². The summed E-state index contributed by atoms with van der Waals surface area (Å²) in [5, 5.41) is 4.94. The van der Waals surface area contributed by atoms with E-state index in [0.29, 0.717) is 0 Å². The Hall–Kier alpha value is -7.16. The van der Waals surface area contributed by atoms with Crippen molar-refractivity contribution in [3.8, 4) is 44.6 Å². The number of fused-ring (bicyclic) bond motifs is 2. The average Bonchev–Trinajstić information content (AvgIpc) is 3.29. The Kier molecular flexibility index (Phi) is 9.91. The number of benzene rings is 6. The van der Waals surface area contributed by atoms with Gasteiger partial charge in [0, 0.05) is 29.6 Å². The van der Waals surface area contributed by atoms with E-state index in [0.717, 1.165) is 23.4 Å². The van der Waals surface area contributed by atoms with Gasteiger partial charge in [0.2, 0.25) is 0 Å². The molecule has 0 amide bonds. The molecule has 1 atom stereocenters. The first kappa shape index (κ1) is 35.5. The average molecular weight is 731 g/mol. The van der Waals surface area contributed by atoms with Crippen LogP contribution in [0.3, 0.4) is 0 Å². The van der Waals surface area contributed by atoms with Crippen LogP contribution in [-0.4, -0.2) is 9.97 Å². The summed E-state index contributed by atoms with van der Waals surface area (Å²) < 4.78 is 0. The second kappa shape index (κ2) is 15.9. The lowest BCUT2D eigenvalue weighted by molar-refractivity contribution is 0.828. The minimum atomic E-state index is 0.188. The molecule has 6 aromatic carbocycles. The second-order valence-corrected chi connectivity index (χ2v) is 14.6. The predicted octanol–water partition coefficient (Wildman–Crippen LogP) is 14.7. The van der Waals surface area contributed by atoms with Crippen molar-refractivity contribution in [3.05, 3.63) is 230 Å². The maximum Gasteiger partial charge on any atom is 0.0702 e. The van der Waals surface area contributed by atoms with Crippen molar-refractivity contribution in [1.82, 2.24) is 9.97 Å².